The van der Waals surface area contributed by atoms with Crippen LogP contribution in [0.4, 0.5) is 0 Å². The summed E-state index contributed by atoms with van der Waals surface area (Å²) < 4.78 is 11.0. The third-order valence-corrected chi connectivity index (χ3v) is 5.10. The van der Waals surface area contributed by atoms with Crippen LogP contribution in [-0.4, -0.2) is 36.1 Å². The van der Waals surface area contributed by atoms with E-state index in [1.54, 1.807) is 13.0 Å². The maximum absolute atomic E-state index is 12.8. The molecule has 0 aromatic carbocycles. The monoisotopic (exact) mass is 388 g/mol. The molecule has 1 aromatic heterocycles. The van der Waals surface area contributed by atoms with E-state index in [0.29, 0.717) is 49.0 Å². The molecule has 1 heterocycles. The number of hydrogen-bond donors (Lipinski definition) is 1. The predicted molar refractivity (Wildman–Crippen MR) is 106 cm³/mol. The third kappa shape index (κ3) is 6.21. The van der Waals surface area contributed by atoms with Gasteiger partial charge in [0.1, 0.15) is 5.69 Å². The van der Waals surface area contributed by atoms with Crippen LogP contribution in [0.1, 0.15) is 81.3 Å². The van der Waals surface area contributed by atoms with Gasteiger partial charge in [0.2, 0.25) is 5.88 Å². The zero-order valence-corrected chi connectivity index (χ0v) is 17.2. The van der Waals surface area contributed by atoms with Gasteiger partial charge >= 0.3 is 5.97 Å². The van der Waals surface area contributed by atoms with Gasteiger partial charge in [-0.05, 0) is 62.8 Å². The lowest BCUT2D eigenvalue weighted by Crippen LogP contribution is -2.38. The molecule has 1 aromatic rings. The molecule has 6 heteroatoms. The molecule has 154 valence electrons. The molecule has 3 rings (SSSR count). The van der Waals surface area contributed by atoms with Crippen molar-refractivity contribution in [1.82, 2.24) is 10.3 Å². The normalized spacial score (nSPS) is 17.3. The molecular formula is C22H32N2O4. The minimum atomic E-state index is -0.293. The van der Waals surface area contributed by atoms with Crippen LogP contribution in [0.25, 0.3) is 0 Å². The van der Waals surface area contributed by atoms with Gasteiger partial charge in [-0.1, -0.05) is 19.9 Å². The number of hydrogen-bond acceptors (Lipinski definition) is 5. The minimum Gasteiger partial charge on any atom is -0.477 e. The number of pyridine rings is 1. The molecule has 0 saturated heterocycles. The van der Waals surface area contributed by atoms with Crippen molar-refractivity contribution in [3.8, 4) is 5.88 Å². The van der Waals surface area contributed by atoms with Crippen molar-refractivity contribution in [2.75, 3.05) is 13.2 Å². The fourth-order valence-electron chi connectivity index (χ4n) is 3.32. The van der Waals surface area contributed by atoms with Crippen LogP contribution in [0.3, 0.4) is 0 Å². The van der Waals surface area contributed by atoms with Crippen molar-refractivity contribution in [2.24, 2.45) is 11.8 Å². The van der Waals surface area contributed by atoms with Gasteiger partial charge in [-0.25, -0.2) is 4.98 Å². The number of rotatable bonds is 11. The zero-order valence-electron chi connectivity index (χ0n) is 17.2. The molecule has 0 radical (unpaired) electrons. The number of carbonyl (C=O) groups excluding carboxylic acids is 2. The number of ether oxygens (including phenoxy) is 2. The van der Waals surface area contributed by atoms with Gasteiger partial charge < -0.3 is 14.8 Å². The molecule has 1 N–H and O–H groups in total. The van der Waals surface area contributed by atoms with E-state index in [-0.39, 0.29) is 24.3 Å². The molecule has 2 fully saturated rings. The van der Waals surface area contributed by atoms with Crippen molar-refractivity contribution < 1.29 is 19.1 Å². The molecular weight excluding hydrogens is 356 g/mol. The Morgan fingerprint density at radius 1 is 1.21 bits per heavy atom. The first-order chi connectivity index (χ1) is 13.5. The maximum Gasteiger partial charge on any atom is 0.307 e. The lowest BCUT2D eigenvalue weighted by Gasteiger charge is -2.20. The van der Waals surface area contributed by atoms with Crippen molar-refractivity contribution in [2.45, 2.75) is 71.3 Å². The summed E-state index contributed by atoms with van der Waals surface area (Å²) in [4.78, 5) is 29.2. The highest BCUT2D eigenvalue weighted by molar-refractivity contribution is 5.93. The Morgan fingerprint density at radius 2 is 1.96 bits per heavy atom. The van der Waals surface area contributed by atoms with E-state index >= 15 is 0 Å². The molecule has 28 heavy (non-hydrogen) atoms. The van der Waals surface area contributed by atoms with E-state index in [9.17, 15) is 9.59 Å². The van der Waals surface area contributed by atoms with E-state index in [4.69, 9.17) is 9.47 Å². The zero-order chi connectivity index (χ0) is 20.1. The largest absolute Gasteiger partial charge is 0.477 e. The van der Waals surface area contributed by atoms with Crippen LogP contribution < -0.4 is 10.1 Å². The van der Waals surface area contributed by atoms with E-state index in [1.165, 1.54) is 12.8 Å². The Balaban J connectivity index is 1.68. The average molecular weight is 389 g/mol. The topological polar surface area (TPSA) is 77.5 Å². The van der Waals surface area contributed by atoms with Gasteiger partial charge in [0.25, 0.3) is 5.91 Å². The Bertz CT molecular complexity index is 696. The van der Waals surface area contributed by atoms with Gasteiger partial charge in [-0.3, -0.25) is 9.59 Å². The highest BCUT2D eigenvalue weighted by atomic mass is 16.5. The lowest BCUT2D eigenvalue weighted by atomic mass is 10.0. The first-order valence-electron chi connectivity index (χ1n) is 10.6. The van der Waals surface area contributed by atoms with Gasteiger partial charge in [0, 0.05) is 11.6 Å². The van der Waals surface area contributed by atoms with Crippen molar-refractivity contribution in [3.05, 3.63) is 23.4 Å². The summed E-state index contributed by atoms with van der Waals surface area (Å²) in [5.41, 5.74) is 1.45. The Labute approximate surface area is 167 Å². The van der Waals surface area contributed by atoms with Crippen LogP contribution in [0.5, 0.6) is 5.88 Å². The molecule has 1 amide bonds. The number of aromatic nitrogens is 1. The second-order valence-electron chi connectivity index (χ2n) is 8.43. The number of carbonyl (C=O) groups is 2. The van der Waals surface area contributed by atoms with E-state index in [2.05, 4.69) is 24.1 Å². The summed E-state index contributed by atoms with van der Waals surface area (Å²) in [6.45, 7) is 6.93. The van der Waals surface area contributed by atoms with Crippen LogP contribution in [0.2, 0.25) is 0 Å². The molecule has 0 aliphatic heterocycles. The molecule has 2 aliphatic rings. The van der Waals surface area contributed by atoms with Crippen LogP contribution in [0.15, 0.2) is 12.1 Å². The smallest absolute Gasteiger partial charge is 0.307 e. The molecule has 0 bridgehead atoms. The summed E-state index contributed by atoms with van der Waals surface area (Å²) in [6, 6.07) is 3.47. The Morgan fingerprint density at radius 3 is 2.57 bits per heavy atom. The molecule has 1 atom stereocenters. The predicted octanol–water partition coefficient (Wildman–Crippen LogP) is 3.85. The molecule has 0 spiro atoms. The highest BCUT2D eigenvalue weighted by Crippen LogP contribution is 2.44. The van der Waals surface area contributed by atoms with Crippen LogP contribution in [-0.2, 0) is 9.53 Å². The minimum absolute atomic E-state index is 0.170. The summed E-state index contributed by atoms with van der Waals surface area (Å²) in [5.74, 6) is 1.53. The fourth-order valence-corrected chi connectivity index (χ4v) is 3.32. The lowest BCUT2D eigenvalue weighted by molar-refractivity contribution is -0.143. The standard InChI is InChI=1S/C22H32N2O4/c1-4-27-20(25)12-17(11-14(2)3)23-21(26)19-10-9-18(16-7-8-16)22(24-19)28-13-15-5-6-15/h9-10,14-17H,4-8,11-13H2,1-3H3,(H,23,26). The van der Waals surface area contributed by atoms with Crippen LogP contribution in [0, 0.1) is 11.8 Å². The first kappa shape index (κ1) is 20.6. The summed E-state index contributed by atoms with van der Waals surface area (Å²) in [7, 11) is 0. The van der Waals surface area contributed by atoms with Gasteiger partial charge in [-0.15, -0.1) is 0 Å². The summed E-state index contributed by atoms with van der Waals surface area (Å²) >= 11 is 0. The Hall–Kier alpha value is -2.11. The second kappa shape index (κ2) is 9.39. The van der Waals surface area contributed by atoms with Crippen molar-refractivity contribution in [3.63, 3.8) is 0 Å². The number of amides is 1. The number of nitrogens with one attached hydrogen (secondary N) is 1. The first-order valence-corrected chi connectivity index (χ1v) is 10.6. The second-order valence-corrected chi connectivity index (χ2v) is 8.43. The molecule has 2 saturated carbocycles. The number of nitrogens with zero attached hydrogens (tertiary/aromatic N) is 1. The fraction of sp³-hybridized carbons (Fsp3) is 0.682. The van der Waals surface area contributed by atoms with E-state index in [1.807, 2.05) is 6.07 Å². The highest BCUT2D eigenvalue weighted by Gasteiger charge is 2.30. The average Bonchev–Trinajstić information content (AvgIpc) is 3.53. The summed E-state index contributed by atoms with van der Waals surface area (Å²) in [6.07, 6.45) is 5.61. The van der Waals surface area contributed by atoms with Gasteiger partial charge in [0.05, 0.1) is 19.6 Å². The SMILES string of the molecule is CCOC(=O)CC(CC(C)C)NC(=O)c1ccc(C2CC2)c(OCC2CC2)n1. The Kier molecular flexibility index (Phi) is 6.92. The van der Waals surface area contributed by atoms with Crippen LogP contribution >= 0.6 is 0 Å². The summed E-state index contributed by atoms with van der Waals surface area (Å²) in [5, 5.41) is 2.96. The van der Waals surface area contributed by atoms with Crippen molar-refractivity contribution >= 4 is 11.9 Å². The van der Waals surface area contributed by atoms with Crippen molar-refractivity contribution in [1.29, 1.82) is 0 Å². The van der Waals surface area contributed by atoms with E-state index in [0.717, 1.165) is 18.4 Å². The number of esters is 1. The van der Waals surface area contributed by atoms with Gasteiger partial charge in [-0.2, -0.15) is 0 Å². The molecule has 2 aliphatic carbocycles. The third-order valence-electron chi connectivity index (χ3n) is 5.10. The maximum atomic E-state index is 12.8. The van der Waals surface area contributed by atoms with E-state index < -0.39 is 0 Å². The molecule has 6 nitrogen and oxygen atoms in total. The van der Waals surface area contributed by atoms with Gasteiger partial charge in [0.15, 0.2) is 0 Å². The molecule has 1 unspecified atom stereocenters. The quantitative estimate of drug-likeness (QED) is 0.583.